The van der Waals surface area contributed by atoms with E-state index in [9.17, 15) is 9.59 Å². The van der Waals surface area contributed by atoms with Crippen LogP contribution in [0.5, 0.6) is 0 Å². The number of rotatable bonds is 1. The first kappa shape index (κ1) is 16.7. The second-order valence-electron chi connectivity index (χ2n) is 6.56. The predicted molar refractivity (Wildman–Crippen MR) is 102 cm³/mol. The molecule has 0 saturated heterocycles. The molecule has 0 aliphatic rings. The van der Waals surface area contributed by atoms with Gasteiger partial charge in [0.25, 0.3) is 5.56 Å². The van der Waals surface area contributed by atoms with E-state index in [1.54, 1.807) is 7.05 Å². The Morgan fingerprint density at radius 1 is 1.00 bits per heavy atom. The first-order valence-corrected chi connectivity index (χ1v) is 8.54. The number of halogens is 1. The fourth-order valence-electron chi connectivity index (χ4n) is 3.44. The van der Waals surface area contributed by atoms with Gasteiger partial charge in [0.15, 0.2) is 11.2 Å². The lowest BCUT2D eigenvalue weighted by molar-refractivity contribution is 0.707. The van der Waals surface area contributed by atoms with Gasteiger partial charge in [0.1, 0.15) is 0 Å². The maximum absolute atomic E-state index is 12.8. The highest BCUT2D eigenvalue weighted by Gasteiger charge is 2.23. The normalized spacial score (nSPS) is 11.8. The number of imidazole rings is 2. The summed E-state index contributed by atoms with van der Waals surface area (Å²) in [5.41, 5.74) is 3.76. The van der Waals surface area contributed by atoms with E-state index in [4.69, 9.17) is 11.6 Å². The van der Waals surface area contributed by atoms with Crippen molar-refractivity contribution >= 4 is 28.5 Å². The molecular weight excluding hydrogens is 354 g/mol. The van der Waals surface area contributed by atoms with Crippen LogP contribution in [-0.4, -0.2) is 23.1 Å². The van der Waals surface area contributed by atoms with E-state index in [1.807, 2.05) is 47.9 Å². The van der Waals surface area contributed by atoms with Gasteiger partial charge in [-0.1, -0.05) is 17.7 Å². The summed E-state index contributed by atoms with van der Waals surface area (Å²) in [6.07, 6.45) is 0. The van der Waals surface area contributed by atoms with E-state index in [2.05, 4.69) is 4.98 Å². The van der Waals surface area contributed by atoms with E-state index in [0.29, 0.717) is 22.0 Å². The second kappa shape index (κ2) is 5.35. The molecule has 26 heavy (non-hydrogen) atoms. The monoisotopic (exact) mass is 371 g/mol. The highest BCUT2D eigenvalue weighted by Crippen LogP contribution is 2.27. The summed E-state index contributed by atoms with van der Waals surface area (Å²) >= 11 is 6.21. The first-order valence-electron chi connectivity index (χ1n) is 8.16. The molecule has 0 spiro atoms. The molecular formula is C18H18ClN5O2. The Balaban J connectivity index is 2.28. The fourth-order valence-corrected chi connectivity index (χ4v) is 3.60. The lowest BCUT2D eigenvalue weighted by atomic mass is 10.2. The van der Waals surface area contributed by atoms with Crippen molar-refractivity contribution in [2.45, 2.75) is 20.8 Å². The molecule has 7 nitrogen and oxygen atoms in total. The van der Waals surface area contributed by atoms with Crippen LogP contribution in [0, 0.1) is 20.8 Å². The number of fused-ring (bicyclic) bond motifs is 3. The highest BCUT2D eigenvalue weighted by molar-refractivity contribution is 6.30. The van der Waals surface area contributed by atoms with Gasteiger partial charge in [-0.2, -0.15) is 4.98 Å². The Hall–Kier alpha value is -2.80. The van der Waals surface area contributed by atoms with Crippen LogP contribution in [0.25, 0.3) is 22.6 Å². The summed E-state index contributed by atoms with van der Waals surface area (Å²) in [4.78, 5) is 29.7. The third-order valence-electron chi connectivity index (χ3n) is 5.05. The van der Waals surface area contributed by atoms with Gasteiger partial charge in [-0.15, -0.1) is 0 Å². The van der Waals surface area contributed by atoms with Gasteiger partial charge in [0.05, 0.1) is 5.69 Å². The lowest BCUT2D eigenvalue weighted by Crippen LogP contribution is -2.37. The largest absolute Gasteiger partial charge is 0.332 e. The summed E-state index contributed by atoms with van der Waals surface area (Å²) in [6.45, 7) is 5.90. The smallest absolute Gasteiger partial charge is 0.282 e. The zero-order valence-electron chi connectivity index (χ0n) is 15.2. The van der Waals surface area contributed by atoms with Crippen molar-refractivity contribution in [2.24, 2.45) is 14.1 Å². The zero-order valence-corrected chi connectivity index (χ0v) is 15.9. The van der Waals surface area contributed by atoms with Crippen molar-refractivity contribution in [1.29, 1.82) is 0 Å². The van der Waals surface area contributed by atoms with Crippen LogP contribution in [0.4, 0.5) is 0 Å². The maximum atomic E-state index is 12.8. The number of hydrogen-bond acceptors (Lipinski definition) is 3. The molecule has 8 heteroatoms. The third kappa shape index (κ3) is 1.97. The molecule has 4 aromatic rings. The van der Waals surface area contributed by atoms with Crippen molar-refractivity contribution in [1.82, 2.24) is 23.1 Å². The Morgan fingerprint density at radius 2 is 1.69 bits per heavy atom. The summed E-state index contributed by atoms with van der Waals surface area (Å²) in [7, 11) is 3.09. The number of aryl methyl sites for hydroxylation is 3. The molecule has 0 aliphatic heterocycles. The van der Waals surface area contributed by atoms with Gasteiger partial charge in [0, 0.05) is 30.5 Å². The molecule has 0 aliphatic carbocycles. The van der Waals surface area contributed by atoms with Crippen LogP contribution in [0.15, 0.2) is 27.8 Å². The third-order valence-corrected chi connectivity index (χ3v) is 5.28. The van der Waals surface area contributed by atoms with Crippen molar-refractivity contribution in [2.75, 3.05) is 0 Å². The van der Waals surface area contributed by atoms with E-state index in [-0.39, 0.29) is 5.56 Å². The molecule has 0 saturated carbocycles. The van der Waals surface area contributed by atoms with Gasteiger partial charge in [0.2, 0.25) is 5.78 Å². The number of benzene rings is 1. The van der Waals surface area contributed by atoms with E-state index in [1.165, 1.54) is 11.6 Å². The summed E-state index contributed by atoms with van der Waals surface area (Å²) in [5, 5.41) is 0.619. The number of aromatic nitrogens is 5. The molecule has 3 aromatic heterocycles. The zero-order chi connectivity index (χ0) is 18.9. The minimum absolute atomic E-state index is 0.362. The van der Waals surface area contributed by atoms with Gasteiger partial charge >= 0.3 is 5.69 Å². The van der Waals surface area contributed by atoms with Crippen molar-refractivity contribution in [3.05, 3.63) is 61.0 Å². The molecule has 3 heterocycles. The molecule has 0 radical (unpaired) electrons. The quantitative estimate of drug-likeness (QED) is 0.515. The summed E-state index contributed by atoms with van der Waals surface area (Å²) in [6, 6.07) is 5.66. The molecule has 4 rings (SSSR count). The standard InChI is InChI=1S/C18H18ClN5O2/c1-9-6-7-12(19)8-13(9)23-10(2)11(3)24-14-15(20-17(23)24)21(4)18(26)22(5)16(14)25/h6-8H,1-5H3. The van der Waals surface area contributed by atoms with E-state index in [0.717, 1.165) is 27.2 Å². The Labute approximate surface area is 153 Å². The topological polar surface area (TPSA) is 66.2 Å². The van der Waals surface area contributed by atoms with E-state index < -0.39 is 5.69 Å². The average Bonchev–Trinajstić information content (AvgIpc) is 3.10. The van der Waals surface area contributed by atoms with Crippen LogP contribution in [0.2, 0.25) is 5.02 Å². The summed E-state index contributed by atoms with van der Waals surface area (Å²) < 4.78 is 6.29. The van der Waals surface area contributed by atoms with Gasteiger partial charge in [-0.05, 0) is 38.5 Å². The van der Waals surface area contributed by atoms with Crippen molar-refractivity contribution in [3.63, 3.8) is 0 Å². The molecule has 0 fully saturated rings. The fraction of sp³-hybridized carbons (Fsp3) is 0.278. The maximum Gasteiger partial charge on any atom is 0.332 e. The van der Waals surface area contributed by atoms with Gasteiger partial charge in [-0.25, -0.2) is 4.79 Å². The Morgan fingerprint density at radius 3 is 2.38 bits per heavy atom. The SMILES string of the molecule is Cc1ccc(Cl)cc1-n1c(C)c(C)n2c3c(=O)n(C)c(=O)n(C)c3nc12. The molecule has 0 bridgehead atoms. The van der Waals surface area contributed by atoms with Crippen LogP contribution >= 0.6 is 11.6 Å². The second-order valence-corrected chi connectivity index (χ2v) is 7.00. The molecule has 134 valence electrons. The summed E-state index contributed by atoms with van der Waals surface area (Å²) in [5.74, 6) is 0.582. The van der Waals surface area contributed by atoms with Gasteiger partial charge < -0.3 is 0 Å². The molecule has 1 aromatic carbocycles. The predicted octanol–water partition coefficient (Wildman–Crippen LogP) is 2.25. The minimum Gasteiger partial charge on any atom is -0.282 e. The Kier molecular flexibility index (Phi) is 3.43. The van der Waals surface area contributed by atoms with E-state index >= 15 is 0 Å². The first-order chi connectivity index (χ1) is 12.2. The van der Waals surface area contributed by atoms with Crippen molar-refractivity contribution < 1.29 is 0 Å². The number of hydrogen-bond donors (Lipinski definition) is 0. The van der Waals surface area contributed by atoms with Crippen LogP contribution in [0.3, 0.4) is 0 Å². The molecule has 0 unspecified atom stereocenters. The van der Waals surface area contributed by atoms with Crippen LogP contribution in [0.1, 0.15) is 17.0 Å². The Bertz CT molecular complexity index is 1340. The van der Waals surface area contributed by atoms with Gasteiger partial charge in [-0.3, -0.25) is 22.9 Å². The molecule has 0 amide bonds. The number of nitrogens with zero attached hydrogens (tertiary/aromatic N) is 5. The molecule has 0 atom stereocenters. The van der Waals surface area contributed by atoms with Crippen LogP contribution in [-0.2, 0) is 14.1 Å². The van der Waals surface area contributed by atoms with Crippen LogP contribution < -0.4 is 11.2 Å². The molecule has 0 N–H and O–H groups in total. The lowest BCUT2D eigenvalue weighted by Gasteiger charge is -2.10. The van der Waals surface area contributed by atoms with Crippen molar-refractivity contribution in [3.8, 4) is 5.69 Å². The average molecular weight is 372 g/mol. The highest BCUT2D eigenvalue weighted by atomic mass is 35.5. The minimum atomic E-state index is -0.400.